The van der Waals surface area contributed by atoms with Crippen molar-refractivity contribution in [2.75, 3.05) is 19.0 Å². The first-order chi connectivity index (χ1) is 13.1. The number of aromatic hydroxyl groups is 1. The van der Waals surface area contributed by atoms with Crippen LogP contribution >= 0.6 is 15.9 Å². The number of rotatable bonds is 6. The number of phenols is 1. The normalized spacial score (nSPS) is 10.9. The van der Waals surface area contributed by atoms with Crippen LogP contribution in [0.25, 0.3) is 10.8 Å². The number of phenolic OH excluding ortho intramolecular Hbond substituents is 1. The third-order valence-corrected chi connectivity index (χ3v) is 4.44. The van der Waals surface area contributed by atoms with Crippen molar-refractivity contribution in [2.24, 2.45) is 5.10 Å². The number of anilines is 1. The van der Waals surface area contributed by atoms with E-state index in [1.807, 2.05) is 42.5 Å². The molecule has 1 amide bonds. The molecule has 0 fully saturated rings. The van der Waals surface area contributed by atoms with Crippen molar-refractivity contribution in [3.05, 3.63) is 64.6 Å². The Balaban J connectivity index is 1.55. The zero-order chi connectivity index (χ0) is 19.2. The summed E-state index contributed by atoms with van der Waals surface area (Å²) in [5, 5.41) is 19.1. The lowest BCUT2D eigenvalue weighted by atomic mass is 10.1. The van der Waals surface area contributed by atoms with E-state index in [1.165, 1.54) is 19.4 Å². The molecule has 0 atom stereocenters. The molecule has 0 saturated carbocycles. The predicted octanol–water partition coefficient (Wildman–Crippen LogP) is 3.88. The Kier molecular flexibility index (Phi) is 5.93. The molecule has 0 aromatic heterocycles. The van der Waals surface area contributed by atoms with Gasteiger partial charge in [-0.05, 0) is 56.5 Å². The van der Waals surface area contributed by atoms with Gasteiger partial charge in [0.05, 0.1) is 24.3 Å². The highest BCUT2D eigenvalue weighted by atomic mass is 79.9. The van der Waals surface area contributed by atoms with E-state index in [9.17, 15) is 9.90 Å². The average Bonchev–Trinajstić information content (AvgIpc) is 2.66. The number of hydrazone groups is 1. The molecule has 0 saturated heterocycles. The van der Waals surface area contributed by atoms with Gasteiger partial charge in [-0.25, -0.2) is 5.43 Å². The average molecular weight is 428 g/mol. The van der Waals surface area contributed by atoms with Gasteiger partial charge in [-0.1, -0.05) is 30.3 Å². The molecule has 138 valence electrons. The van der Waals surface area contributed by atoms with E-state index in [0.29, 0.717) is 15.8 Å². The summed E-state index contributed by atoms with van der Waals surface area (Å²) in [6.07, 6.45) is 1.44. The molecule has 27 heavy (non-hydrogen) atoms. The van der Waals surface area contributed by atoms with Crippen molar-refractivity contribution >= 4 is 44.5 Å². The fourth-order valence-electron chi connectivity index (χ4n) is 2.58. The van der Waals surface area contributed by atoms with E-state index in [1.54, 1.807) is 6.07 Å². The smallest absolute Gasteiger partial charge is 0.259 e. The van der Waals surface area contributed by atoms with Crippen LogP contribution in [0.1, 0.15) is 5.56 Å². The number of hydrogen-bond acceptors (Lipinski definition) is 5. The maximum atomic E-state index is 11.9. The summed E-state index contributed by atoms with van der Waals surface area (Å²) >= 11 is 3.30. The van der Waals surface area contributed by atoms with Crippen molar-refractivity contribution in [1.29, 1.82) is 0 Å². The quantitative estimate of drug-likeness (QED) is 0.411. The monoisotopic (exact) mass is 427 g/mol. The van der Waals surface area contributed by atoms with E-state index >= 15 is 0 Å². The minimum atomic E-state index is -0.281. The Morgan fingerprint density at radius 3 is 2.70 bits per heavy atom. The molecule has 0 heterocycles. The second-order valence-corrected chi connectivity index (χ2v) is 6.62. The number of methoxy groups -OCH3 is 1. The Hall–Kier alpha value is -3.06. The SMILES string of the molecule is COc1c(O)cc(/C=N/NC(=O)CNc2ccc3ccccc3c2)cc1Br. The van der Waals surface area contributed by atoms with Crippen LogP contribution in [-0.2, 0) is 4.79 Å². The van der Waals surface area contributed by atoms with Gasteiger partial charge in [-0.2, -0.15) is 5.10 Å². The van der Waals surface area contributed by atoms with Crippen LogP contribution in [0, 0.1) is 0 Å². The number of halogens is 1. The van der Waals surface area contributed by atoms with Gasteiger partial charge in [-0.3, -0.25) is 4.79 Å². The minimum Gasteiger partial charge on any atom is -0.504 e. The molecule has 0 radical (unpaired) electrons. The summed E-state index contributed by atoms with van der Waals surface area (Å²) in [4.78, 5) is 11.9. The van der Waals surface area contributed by atoms with Gasteiger partial charge in [0.2, 0.25) is 0 Å². The second-order valence-electron chi connectivity index (χ2n) is 5.76. The third kappa shape index (κ3) is 4.77. The minimum absolute atomic E-state index is 0.0161. The molecule has 0 unspecified atom stereocenters. The molecule has 0 aliphatic rings. The zero-order valence-corrected chi connectivity index (χ0v) is 16.2. The molecule has 7 heteroatoms. The molecule has 3 aromatic rings. The topological polar surface area (TPSA) is 83.0 Å². The number of benzene rings is 3. The number of nitrogens with zero attached hydrogens (tertiary/aromatic N) is 1. The van der Waals surface area contributed by atoms with Gasteiger partial charge in [0, 0.05) is 5.69 Å². The fourth-order valence-corrected chi connectivity index (χ4v) is 3.21. The van der Waals surface area contributed by atoms with Gasteiger partial charge in [0.1, 0.15) is 0 Å². The van der Waals surface area contributed by atoms with Crippen molar-refractivity contribution in [3.63, 3.8) is 0 Å². The van der Waals surface area contributed by atoms with E-state index in [0.717, 1.165) is 16.5 Å². The summed E-state index contributed by atoms with van der Waals surface area (Å²) in [6.45, 7) is 0.0905. The number of carbonyl (C=O) groups is 1. The maximum absolute atomic E-state index is 11.9. The van der Waals surface area contributed by atoms with Crippen LogP contribution < -0.4 is 15.5 Å². The molecule has 6 nitrogen and oxygen atoms in total. The first kappa shape index (κ1) is 18.7. The van der Waals surface area contributed by atoms with Gasteiger partial charge in [-0.15, -0.1) is 0 Å². The lowest BCUT2D eigenvalue weighted by Gasteiger charge is -2.07. The summed E-state index contributed by atoms with van der Waals surface area (Å²) in [5.41, 5.74) is 3.92. The molecular weight excluding hydrogens is 410 g/mol. The molecule has 3 N–H and O–H groups in total. The van der Waals surface area contributed by atoms with E-state index in [4.69, 9.17) is 4.74 Å². The molecule has 3 rings (SSSR count). The summed E-state index contributed by atoms with van der Waals surface area (Å²) in [6, 6.07) is 17.2. The molecule has 0 bridgehead atoms. The number of carbonyl (C=O) groups excluding carboxylic acids is 1. The zero-order valence-electron chi connectivity index (χ0n) is 14.6. The standard InChI is InChI=1S/C20H18BrN3O3/c1-27-20-17(21)8-13(9-18(20)25)11-23-24-19(26)12-22-16-7-6-14-4-2-3-5-15(14)10-16/h2-11,22,25H,12H2,1H3,(H,24,26)/b23-11+. The lowest BCUT2D eigenvalue weighted by Crippen LogP contribution is -2.25. The van der Waals surface area contributed by atoms with Crippen LogP contribution in [0.3, 0.4) is 0 Å². The van der Waals surface area contributed by atoms with Crippen LogP contribution in [0.5, 0.6) is 11.5 Å². The van der Waals surface area contributed by atoms with E-state index < -0.39 is 0 Å². The largest absolute Gasteiger partial charge is 0.504 e. The van der Waals surface area contributed by atoms with Crippen LogP contribution in [0.2, 0.25) is 0 Å². The van der Waals surface area contributed by atoms with Gasteiger partial charge < -0.3 is 15.2 Å². The highest BCUT2D eigenvalue weighted by Gasteiger charge is 2.08. The highest BCUT2D eigenvalue weighted by molar-refractivity contribution is 9.10. The first-order valence-corrected chi connectivity index (χ1v) is 8.97. The molecule has 0 spiro atoms. The second kappa shape index (κ2) is 8.55. The van der Waals surface area contributed by atoms with Crippen molar-refractivity contribution in [1.82, 2.24) is 5.43 Å². The molecule has 3 aromatic carbocycles. The number of hydrogen-bond donors (Lipinski definition) is 3. The predicted molar refractivity (Wildman–Crippen MR) is 111 cm³/mol. The van der Waals surface area contributed by atoms with Gasteiger partial charge in [0.15, 0.2) is 11.5 Å². The Labute approximate surface area is 165 Å². The third-order valence-electron chi connectivity index (χ3n) is 3.86. The number of amides is 1. The number of nitrogens with one attached hydrogen (secondary N) is 2. The van der Waals surface area contributed by atoms with Gasteiger partial charge >= 0.3 is 0 Å². The summed E-state index contributed by atoms with van der Waals surface area (Å²) in [5.74, 6) is 0.0459. The fraction of sp³-hybridized carbons (Fsp3) is 0.100. The highest BCUT2D eigenvalue weighted by Crippen LogP contribution is 2.34. The van der Waals surface area contributed by atoms with Crippen LogP contribution in [0.4, 0.5) is 5.69 Å². The Bertz CT molecular complexity index is 982. The molecular formula is C20H18BrN3O3. The molecule has 0 aliphatic carbocycles. The van der Waals surface area contributed by atoms with Crippen molar-refractivity contribution < 1.29 is 14.6 Å². The van der Waals surface area contributed by atoms with Crippen molar-refractivity contribution in [3.8, 4) is 11.5 Å². The summed E-state index contributed by atoms with van der Waals surface area (Å²) in [7, 11) is 1.47. The van der Waals surface area contributed by atoms with Gasteiger partial charge in [0.25, 0.3) is 5.91 Å². The van der Waals surface area contributed by atoms with Crippen LogP contribution in [0.15, 0.2) is 64.2 Å². The van der Waals surface area contributed by atoms with E-state index in [-0.39, 0.29) is 18.2 Å². The first-order valence-electron chi connectivity index (χ1n) is 8.18. The van der Waals surface area contributed by atoms with E-state index in [2.05, 4.69) is 31.8 Å². The number of fused-ring (bicyclic) bond motifs is 1. The Morgan fingerprint density at radius 1 is 1.19 bits per heavy atom. The van der Waals surface area contributed by atoms with Crippen LogP contribution in [-0.4, -0.2) is 30.9 Å². The number of ether oxygens (including phenoxy) is 1. The lowest BCUT2D eigenvalue weighted by molar-refractivity contribution is -0.119. The summed E-state index contributed by atoms with van der Waals surface area (Å²) < 4.78 is 5.65. The Morgan fingerprint density at radius 2 is 1.96 bits per heavy atom. The maximum Gasteiger partial charge on any atom is 0.259 e. The van der Waals surface area contributed by atoms with Crippen molar-refractivity contribution in [2.45, 2.75) is 0 Å². The molecule has 0 aliphatic heterocycles.